The lowest BCUT2D eigenvalue weighted by molar-refractivity contribution is 0.123. The second-order valence-electron chi connectivity index (χ2n) is 7.74. The molecule has 1 aliphatic heterocycles. The SMILES string of the molecule is CC(C)COc1ccc(C(O)C(CN2CCCC2)c2ccccc2)cc1. The minimum absolute atomic E-state index is 0.0803. The molecular formula is C23H31NO2. The van der Waals surface area contributed by atoms with Crippen LogP contribution in [0.3, 0.4) is 0 Å². The monoisotopic (exact) mass is 353 g/mol. The van der Waals surface area contributed by atoms with Crippen LogP contribution in [0.4, 0.5) is 0 Å². The van der Waals surface area contributed by atoms with Crippen molar-refractivity contribution in [3.05, 3.63) is 65.7 Å². The van der Waals surface area contributed by atoms with Crippen molar-refractivity contribution >= 4 is 0 Å². The second-order valence-corrected chi connectivity index (χ2v) is 7.74. The van der Waals surface area contributed by atoms with Gasteiger partial charge in [-0.1, -0.05) is 56.3 Å². The predicted octanol–water partition coefficient (Wildman–Crippen LogP) is 4.63. The van der Waals surface area contributed by atoms with Crippen molar-refractivity contribution in [3.63, 3.8) is 0 Å². The molecule has 1 aliphatic rings. The zero-order chi connectivity index (χ0) is 18.4. The third-order valence-electron chi connectivity index (χ3n) is 5.07. The molecule has 3 rings (SSSR count). The molecule has 2 aromatic carbocycles. The average Bonchev–Trinajstić information content (AvgIpc) is 3.18. The molecule has 140 valence electrons. The first kappa shape index (κ1) is 18.9. The van der Waals surface area contributed by atoms with Crippen LogP contribution < -0.4 is 4.74 Å². The molecule has 0 bridgehead atoms. The summed E-state index contributed by atoms with van der Waals surface area (Å²) in [5, 5.41) is 11.1. The Morgan fingerprint density at radius 1 is 0.923 bits per heavy atom. The fourth-order valence-corrected chi connectivity index (χ4v) is 3.59. The van der Waals surface area contributed by atoms with Crippen molar-refractivity contribution in [1.82, 2.24) is 4.90 Å². The van der Waals surface area contributed by atoms with E-state index in [1.54, 1.807) is 0 Å². The number of nitrogens with zero attached hydrogens (tertiary/aromatic N) is 1. The van der Waals surface area contributed by atoms with E-state index in [-0.39, 0.29) is 5.92 Å². The summed E-state index contributed by atoms with van der Waals surface area (Å²) < 4.78 is 5.77. The summed E-state index contributed by atoms with van der Waals surface area (Å²) in [5.74, 6) is 1.45. The number of benzene rings is 2. The van der Waals surface area contributed by atoms with Crippen molar-refractivity contribution < 1.29 is 9.84 Å². The van der Waals surface area contributed by atoms with Crippen LogP contribution in [0.5, 0.6) is 5.75 Å². The van der Waals surface area contributed by atoms with Gasteiger partial charge in [-0.2, -0.15) is 0 Å². The highest BCUT2D eigenvalue weighted by Crippen LogP contribution is 2.33. The van der Waals surface area contributed by atoms with Crippen molar-refractivity contribution in [3.8, 4) is 5.75 Å². The lowest BCUT2D eigenvalue weighted by Crippen LogP contribution is -2.29. The van der Waals surface area contributed by atoms with E-state index in [1.165, 1.54) is 18.4 Å². The smallest absolute Gasteiger partial charge is 0.119 e. The number of rotatable bonds is 8. The minimum Gasteiger partial charge on any atom is -0.493 e. The van der Waals surface area contributed by atoms with Gasteiger partial charge in [0, 0.05) is 12.5 Å². The molecule has 2 unspecified atom stereocenters. The Kier molecular flexibility index (Phi) is 6.70. The van der Waals surface area contributed by atoms with Crippen LogP contribution in [-0.2, 0) is 0 Å². The van der Waals surface area contributed by atoms with Crippen molar-refractivity contribution in [1.29, 1.82) is 0 Å². The van der Waals surface area contributed by atoms with E-state index >= 15 is 0 Å². The van der Waals surface area contributed by atoms with Gasteiger partial charge in [-0.05, 0) is 55.1 Å². The highest BCUT2D eigenvalue weighted by atomic mass is 16.5. The van der Waals surface area contributed by atoms with Crippen LogP contribution in [0, 0.1) is 5.92 Å². The number of hydrogen-bond acceptors (Lipinski definition) is 3. The van der Waals surface area contributed by atoms with Gasteiger partial charge in [0.05, 0.1) is 12.7 Å². The number of aliphatic hydroxyl groups is 1. The van der Waals surface area contributed by atoms with E-state index in [0.29, 0.717) is 12.5 Å². The average molecular weight is 354 g/mol. The maximum atomic E-state index is 11.1. The number of aliphatic hydroxyl groups excluding tert-OH is 1. The predicted molar refractivity (Wildman–Crippen MR) is 107 cm³/mol. The summed E-state index contributed by atoms with van der Waals surface area (Å²) in [7, 11) is 0. The summed E-state index contributed by atoms with van der Waals surface area (Å²) in [6.07, 6.45) is 2.01. The fourth-order valence-electron chi connectivity index (χ4n) is 3.59. The van der Waals surface area contributed by atoms with Gasteiger partial charge in [0.2, 0.25) is 0 Å². The molecule has 3 heteroatoms. The van der Waals surface area contributed by atoms with Crippen LogP contribution in [-0.4, -0.2) is 36.2 Å². The minimum atomic E-state index is -0.517. The molecule has 3 nitrogen and oxygen atoms in total. The molecule has 0 radical (unpaired) electrons. The molecule has 0 aliphatic carbocycles. The van der Waals surface area contributed by atoms with Crippen molar-refractivity contribution in [2.75, 3.05) is 26.2 Å². The summed E-state index contributed by atoms with van der Waals surface area (Å²) in [6, 6.07) is 18.3. The highest BCUT2D eigenvalue weighted by molar-refractivity contribution is 5.32. The van der Waals surface area contributed by atoms with Crippen LogP contribution in [0.15, 0.2) is 54.6 Å². The van der Waals surface area contributed by atoms with Crippen LogP contribution in [0.2, 0.25) is 0 Å². The first-order chi connectivity index (χ1) is 12.6. The number of likely N-dealkylation sites (tertiary alicyclic amines) is 1. The zero-order valence-electron chi connectivity index (χ0n) is 16.0. The van der Waals surface area contributed by atoms with E-state index in [1.807, 2.05) is 30.3 Å². The van der Waals surface area contributed by atoms with Gasteiger partial charge in [0.25, 0.3) is 0 Å². The molecule has 0 amide bonds. The zero-order valence-corrected chi connectivity index (χ0v) is 16.0. The normalized spacial score (nSPS) is 17.4. The standard InChI is InChI=1S/C23H31NO2/c1-18(2)17-26-21-12-10-20(11-13-21)23(25)22(16-24-14-6-7-15-24)19-8-4-3-5-9-19/h3-5,8-13,18,22-23,25H,6-7,14-17H2,1-2H3. The van der Waals surface area contributed by atoms with Gasteiger partial charge in [-0.25, -0.2) is 0 Å². The highest BCUT2D eigenvalue weighted by Gasteiger charge is 2.26. The fraction of sp³-hybridized carbons (Fsp3) is 0.478. The van der Waals surface area contributed by atoms with E-state index in [4.69, 9.17) is 4.74 Å². The Morgan fingerprint density at radius 2 is 1.58 bits per heavy atom. The van der Waals surface area contributed by atoms with Crippen LogP contribution >= 0.6 is 0 Å². The Morgan fingerprint density at radius 3 is 2.19 bits per heavy atom. The van der Waals surface area contributed by atoms with Crippen molar-refractivity contribution in [2.24, 2.45) is 5.92 Å². The van der Waals surface area contributed by atoms with E-state index in [2.05, 4.69) is 43.0 Å². The van der Waals surface area contributed by atoms with Gasteiger partial charge in [-0.3, -0.25) is 0 Å². The molecular weight excluding hydrogens is 322 g/mol. The summed E-state index contributed by atoms with van der Waals surface area (Å²) in [6.45, 7) is 8.16. The molecule has 0 spiro atoms. The second kappa shape index (κ2) is 9.20. The molecule has 0 aromatic heterocycles. The largest absolute Gasteiger partial charge is 0.493 e. The van der Waals surface area contributed by atoms with Gasteiger partial charge in [0.1, 0.15) is 5.75 Å². The summed E-state index contributed by atoms with van der Waals surface area (Å²) in [5.41, 5.74) is 2.15. The Balaban J connectivity index is 1.74. The Hall–Kier alpha value is -1.84. The number of hydrogen-bond donors (Lipinski definition) is 1. The molecule has 1 fully saturated rings. The third-order valence-corrected chi connectivity index (χ3v) is 5.07. The van der Waals surface area contributed by atoms with E-state index in [9.17, 15) is 5.11 Å². The molecule has 2 atom stereocenters. The Bertz CT molecular complexity index is 648. The van der Waals surface area contributed by atoms with E-state index < -0.39 is 6.10 Å². The number of ether oxygens (including phenoxy) is 1. The maximum Gasteiger partial charge on any atom is 0.119 e. The lowest BCUT2D eigenvalue weighted by Gasteiger charge is -2.28. The maximum absolute atomic E-state index is 11.1. The lowest BCUT2D eigenvalue weighted by atomic mass is 9.88. The van der Waals surface area contributed by atoms with Gasteiger partial charge < -0.3 is 14.7 Å². The first-order valence-electron chi connectivity index (χ1n) is 9.81. The topological polar surface area (TPSA) is 32.7 Å². The molecule has 0 saturated carbocycles. The summed E-state index contributed by atoms with van der Waals surface area (Å²) in [4.78, 5) is 2.47. The van der Waals surface area contributed by atoms with Crippen LogP contribution in [0.1, 0.15) is 49.8 Å². The molecule has 1 saturated heterocycles. The summed E-state index contributed by atoms with van der Waals surface area (Å²) >= 11 is 0. The quantitative estimate of drug-likeness (QED) is 0.751. The molecule has 2 aromatic rings. The molecule has 1 heterocycles. The molecule has 26 heavy (non-hydrogen) atoms. The van der Waals surface area contributed by atoms with Crippen molar-refractivity contribution in [2.45, 2.75) is 38.7 Å². The van der Waals surface area contributed by atoms with Gasteiger partial charge in [-0.15, -0.1) is 0 Å². The van der Waals surface area contributed by atoms with Gasteiger partial charge in [0.15, 0.2) is 0 Å². The van der Waals surface area contributed by atoms with E-state index in [0.717, 1.165) is 30.9 Å². The van der Waals surface area contributed by atoms with Crippen LogP contribution in [0.25, 0.3) is 0 Å². The molecule has 1 N–H and O–H groups in total. The van der Waals surface area contributed by atoms with Gasteiger partial charge >= 0.3 is 0 Å². The first-order valence-corrected chi connectivity index (χ1v) is 9.81. The Labute approximate surface area is 157 Å². The third kappa shape index (κ3) is 5.09.